The summed E-state index contributed by atoms with van der Waals surface area (Å²) in [6, 6.07) is 4.91. The molecule has 0 amide bonds. The van der Waals surface area contributed by atoms with Crippen LogP contribution in [0.15, 0.2) is 27.7 Å². The largest absolute Gasteiger partial charge is 0.434 e. The number of guanidine groups is 1. The van der Waals surface area contributed by atoms with Crippen molar-refractivity contribution in [2.24, 2.45) is 4.99 Å². The van der Waals surface area contributed by atoms with Gasteiger partial charge in [-0.2, -0.15) is 8.78 Å². The summed E-state index contributed by atoms with van der Waals surface area (Å²) in [5.41, 5.74) is 0.610. The minimum Gasteiger partial charge on any atom is -0.434 e. The Bertz CT molecular complexity index is 562. The molecule has 0 radical (unpaired) electrons. The first-order chi connectivity index (χ1) is 12.5. The maximum absolute atomic E-state index is 12.5. The Morgan fingerprint density at radius 2 is 2.08 bits per heavy atom. The van der Waals surface area contributed by atoms with Crippen molar-refractivity contribution in [1.82, 2.24) is 15.5 Å². The summed E-state index contributed by atoms with van der Waals surface area (Å²) < 4.78 is 35.4. The molecule has 0 aliphatic rings. The molecule has 9 heteroatoms. The predicted molar refractivity (Wildman–Crippen MR) is 103 cm³/mol. The predicted octanol–water partition coefficient (Wildman–Crippen LogP) is 2.68. The van der Waals surface area contributed by atoms with Crippen LogP contribution in [0.5, 0.6) is 5.75 Å². The lowest BCUT2D eigenvalue weighted by Gasteiger charge is -2.18. The van der Waals surface area contributed by atoms with Crippen LogP contribution in [0.3, 0.4) is 0 Å². The quantitative estimate of drug-likeness (QED) is 0.317. The van der Waals surface area contributed by atoms with Gasteiger partial charge >= 0.3 is 6.61 Å². The zero-order valence-electron chi connectivity index (χ0n) is 15.4. The zero-order valence-corrected chi connectivity index (χ0v) is 17.0. The van der Waals surface area contributed by atoms with Crippen LogP contribution in [0.25, 0.3) is 0 Å². The fourth-order valence-corrected chi connectivity index (χ4v) is 2.66. The van der Waals surface area contributed by atoms with Gasteiger partial charge in [-0.3, -0.25) is 4.99 Å². The van der Waals surface area contributed by atoms with E-state index in [1.807, 2.05) is 7.05 Å². The monoisotopic (exact) mass is 436 g/mol. The van der Waals surface area contributed by atoms with Crippen molar-refractivity contribution < 1.29 is 18.3 Å². The van der Waals surface area contributed by atoms with Crippen molar-refractivity contribution in [1.29, 1.82) is 0 Å². The highest BCUT2D eigenvalue weighted by atomic mass is 79.9. The highest BCUT2D eigenvalue weighted by molar-refractivity contribution is 9.10. The van der Waals surface area contributed by atoms with E-state index in [2.05, 4.69) is 41.2 Å². The zero-order chi connectivity index (χ0) is 19.4. The molecule has 26 heavy (non-hydrogen) atoms. The Kier molecular flexibility index (Phi) is 11.1. The van der Waals surface area contributed by atoms with Crippen molar-refractivity contribution in [3.8, 4) is 5.75 Å². The van der Waals surface area contributed by atoms with E-state index in [1.165, 1.54) is 6.07 Å². The van der Waals surface area contributed by atoms with E-state index in [-0.39, 0.29) is 5.75 Å². The third-order valence-corrected chi connectivity index (χ3v) is 4.08. The number of alkyl halides is 2. The molecule has 0 spiro atoms. The summed E-state index contributed by atoms with van der Waals surface area (Å²) in [5.74, 6) is 0.738. The second kappa shape index (κ2) is 12.8. The molecule has 148 valence electrons. The van der Waals surface area contributed by atoms with Gasteiger partial charge in [0.2, 0.25) is 0 Å². The number of nitrogens with zero attached hydrogens (tertiary/aromatic N) is 2. The molecule has 1 aromatic rings. The summed E-state index contributed by atoms with van der Waals surface area (Å²) in [7, 11) is 5.40. The molecule has 0 heterocycles. The van der Waals surface area contributed by atoms with E-state index in [0.29, 0.717) is 24.6 Å². The first-order valence-electron chi connectivity index (χ1n) is 8.31. The molecular formula is C17H27BrF2N4O2. The SMILES string of the molecule is CN=C(NCCN(C)CCCOC)NCc1cc(Br)ccc1OC(F)F. The molecule has 6 nitrogen and oxygen atoms in total. The summed E-state index contributed by atoms with van der Waals surface area (Å²) in [4.78, 5) is 6.34. The molecular weight excluding hydrogens is 410 g/mol. The van der Waals surface area contributed by atoms with E-state index in [9.17, 15) is 8.78 Å². The number of benzene rings is 1. The highest BCUT2D eigenvalue weighted by Crippen LogP contribution is 2.24. The summed E-state index contributed by atoms with van der Waals surface area (Å²) in [6.07, 6.45) is 0.982. The molecule has 0 bridgehead atoms. The van der Waals surface area contributed by atoms with Crippen LogP contribution in [0.1, 0.15) is 12.0 Å². The summed E-state index contributed by atoms with van der Waals surface area (Å²) in [5, 5.41) is 6.31. The molecule has 0 saturated carbocycles. The normalized spacial score (nSPS) is 11.9. The highest BCUT2D eigenvalue weighted by Gasteiger charge is 2.11. The summed E-state index contributed by atoms with van der Waals surface area (Å²) in [6.45, 7) is 0.708. The van der Waals surface area contributed by atoms with Gasteiger partial charge in [-0.25, -0.2) is 0 Å². The maximum atomic E-state index is 12.5. The van der Waals surface area contributed by atoms with Crippen LogP contribution in [0.4, 0.5) is 8.78 Å². The number of nitrogens with one attached hydrogen (secondary N) is 2. The Labute approximate surface area is 162 Å². The lowest BCUT2D eigenvalue weighted by Crippen LogP contribution is -2.40. The molecule has 0 atom stereocenters. The van der Waals surface area contributed by atoms with E-state index in [1.54, 1.807) is 26.3 Å². The molecule has 1 aromatic carbocycles. The molecule has 0 fully saturated rings. The van der Waals surface area contributed by atoms with Crippen LogP contribution >= 0.6 is 15.9 Å². The van der Waals surface area contributed by atoms with Crippen molar-refractivity contribution in [2.75, 3.05) is 47.4 Å². The molecule has 0 aromatic heterocycles. The molecule has 0 unspecified atom stereocenters. The second-order valence-electron chi connectivity index (χ2n) is 5.63. The molecule has 2 N–H and O–H groups in total. The Hall–Kier alpha value is -1.45. The van der Waals surface area contributed by atoms with Crippen molar-refractivity contribution in [3.63, 3.8) is 0 Å². The average molecular weight is 437 g/mol. The van der Waals surface area contributed by atoms with E-state index in [0.717, 1.165) is 30.6 Å². The van der Waals surface area contributed by atoms with E-state index in [4.69, 9.17) is 4.74 Å². The van der Waals surface area contributed by atoms with Crippen LogP contribution in [-0.4, -0.2) is 64.9 Å². The standard InChI is InChI=1S/C17H27BrF2N4O2/c1-21-17(22-7-9-24(2)8-4-10-25-3)23-12-13-11-14(18)5-6-15(13)26-16(19)20/h5-6,11,16H,4,7-10,12H2,1-3H3,(H2,21,22,23). The van der Waals surface area contributed by atoms with Crippen LogP contribution in [0, 0.1) is 0 Å². The fourth-order valence-electron chi connectivity index (χ4n) is 2.25. The van der Waals surface area contributed by atoms with Crippen molar-refractivity contribution >= 4 is 21.9 Å². The van der Waals surface area contributed by atoms with Crippen LogP contribution in [0.2, 0.25) is 0 Å². The Morgan fingerprint density at radius 1 is 1.31 bits per heavy atom. The van der Waals surface area contributed by atoms with E-state index < -0.39 is 6.61 Å². The van der Waals surface area contributed by atoms with Gasteiger partial charge < -0.3 is 25.0 Å². The van der Waals surface area contributed by atoms with Gasteiger partial charge in [0.15, 0.2) is 5.96 Å². The van der Waals surface area contributed by atoms with Gasteiger partial charge in [0, 0.05) is 57.0 Å². The number of methoxy groups -OCH3 is 1. The number of aliphatic imine (C=N–C) groups is 1. The minimum atomic E-state index is -2.86. The van der Waals surface area contributed by atoms with Crippen molar-refractivity contribution in [2.45, 2.75) is 19.6 Å². The lowest BCUT2D eigenvalue weighted by atomic mass is 10.2. The van der Waals surface area contributed by atoms with E-state index >= 15 is 0 Å². The first-order valence-corrected chi connectivity index (χ1v) is 9.10. The fraction of sp³-hybridized carbons (Fsp3) is 0.588. The number of ether oxygens (including phenoxy) is 2. The van der Waals surface area contributed by atoms with Crippen LogP contribution in [-0.2, 0) is 11.3 Å². The number of likely N-dealkylation sites (N-methyl/N-ethyl adjacent to an activating group) is 1. The maximum Gasteiger partial charge on any atom is 0.387 e. The second-order valence-corrected chi connectivity index (χ2v) is 6.55. The van der Waals surface area contributed by atoms with Gasteiger partial charge in [0.1, 0.15) is 5.75 Å². The number of rotatable bonds is 11. The van der Waals surface area contributed by atoms with Gasteiger partial charge in [0.05, 0.1) is 0 Å². The molecule has 0 aliphatic carbocycles. The van der Waals surface area contributed by atoms with Gasteiger partial charge in [-0.15, -0.1) is 0 Å². The third-order valence-electron chi connectivity index (χ3n) is 3.58. The van der Waals surface area contributed by atoms with Crippen molar-refractivity contribution in [3.05, 3.63) is 28.2 Å². The van der Waals surface area contributed by atoms with Gasteiger partial charge in [-0.1, -0.05) is 15.9 Å². The topological polar surface area (TPSA) is 58.1 Å². The lowest BCUT2D eigenvalue weighted by molar-refractivity contribution is -0.0504. The smallest absolute Gasteiger partial charge is 0.387 e. The molecule has 1 rings (SSSR count). The van der Waals surface area contributed by atoms with Gasteiger partial charge in [0.25, 0.3) is 0 Å². The number of hydrogen-bond donors (Lipinski definition) is 2. The summed E-state index contributed by atoms with van der Waals surface area (Å²) >= 11 is 3.34. The van der Waals surface area contributed by atoms with Gasteiger partial charge in [-0.05, 0) is 31.7 Å². The molecule has 0 saturated heterocycles. The number of halogens is 3. The minimum absolute atomic E-state index is 0.143. The Balaban J connectivity index is 2.46. The molecule has 0 aliphatic heterocycles. The Morgan fingerprint density at radius 3 is 2.73 bits per heavy atom. The average Bonchev–Trinajstić information content (AvgIpc) is 2.59. The van der Waals surface area contributed by atoms with Crippen LogP contribution < -0.4 is 15.4 Å². The first kappa shape index (κ1) is 22.6. The third kappa shape index (κ3) is 9.30. The number of hydrogen-bond acceptors (Lipinski definition) is 4.